The molecule has 1 heterocycles. The number of halogens is 3. The van der Waals surface area contributed by atoms with E-state index in [2.05, 4.69) is 0 Å². The van der Waals surface area contributed by atoms with E-state index in [0.29, 0.717) is 18.2 Å². The van der Waals surface area contributed by atoms with Crippen LogP contribution in [0.1, 0.15) is 24.5 Å². The molecule has 1 N–H and O–H groups in total. The van der Waals surface area contributed by atoms with Crippen molar-refractivity contribution in [2.75, 3.05) is 6.54 Å². The summed E-state index contributed by atoms with van der Waals surface area (Å²) in [4.78, 5) is 24.8. The highest BCUT2D eigenvalue weighted by Gasteiger charge is 2.36. The van der Waals surface area contributed by atoms with Crippen molar-refractivity contribution in [1.29, 1.82) is 0 Å². The van der Waals surface area contributed by atoms with Crippen LogP contribution in [0.2, 0.25) is 0 Å². The van der Waals surface area contributed by atoms with Gasteiger partial charge < -0.3 is 5.11 Å². The van der Waals surface area contributed by atoms with Crippen molar-refractivity contribution in [1.82, 2.24) is 4.90 Å². The zero-order chi connectivity index (χ0) is 16.5. The zero-order valence-electron chi connectivity index (χ0n) is 11.5. The Morgan fingerprint density at radius 3 is 2.59 bits per heavy atom. The fourth-order valence-electron chi connectivity index (χ4n) is 1.94. The van der Waals surface area contributed by atoms with Crippen LogP contribution in [0.4, 0.5) is 18.0 Å². The summed E-state index contributed by atoms with van der Waals surface area (Å²) in [7, 11) is 0. The van der Waals surface area contributed by atoms with Gasteiger partial charge in [0.2, 0.25) is 0 Å². The van der Waals surface area contributed by atoms with Crippen LogP contribution >= 0.6 is 11.8 Å². The minimum Gasteiger partial charge on any atom is -0.507 e. The van der Waals surface area contributed by atoms with Gasteiger partial charge in [0, 0.05) is 6.54 Å². The van der Waals surface area contributed by atoms with E-state index in [1.54, 1.807) is 0 Å². The van der Waals surface area contributed by atoms with E-state index < -0.39 is 28.6 Å². The molecule has 8 heteroatoms. The molecule has 0 unspecified atom stereocenters. The topological polar surface area (TPSA) is 57.6 Å². The second-order valence-corrected chi connectivity index (χ2v) is 5.60. The Bertz CT molecular complexity index is 655. The number of rotatable bonds is 3. The summed E-state index contributed by atoms with van der Waals surface area (Å²) in [6, 6.07) is 2.90. The molecular formula is C14H12F3NO3S. The second-order valence-electron chi connectivity index (χ2n) is 4.61. The third kappa shape index (κ3) is 3.27. The van der Waals surface area contributed by atoms with Crippen LogP contribution in [-0.4, -0.2) is 27.7 Å². The van der Waals surface area contributed by atoms with E-state index >= 15 is 0 Å². The fourth-order valence-corrected chi connectivity index (χ4v) is 2.80. The van der Waals surface area contributed by atoms with Crippen LogP contribution in [0.15, 0.2) is 23.1 Å². The number of aromatic hydroxyl groups is 1. The molecule has 0 atom stereocenters. The molecule has 0 saturated carbocycles. The number of phenolic OH excluding ortho intramolecular Hbond substituents is 1. The highest BCUT2D eigenvalue weighted by molar-refractivity contribution is 8.18. The predicted molar refractivity (Wildman–Crippen MR) is 76.1 cm³/mol. The number of carbonyl (C=O) groups excluding carboxylic acids is 2. The Kier molecular flexibility index (Phi) is 4.50. The van der Waals surface area contributed by atoms with Crippen molar-refractivity contribution in [2.24, 2.45) is 0 Å². The lowest BCUT2D eigenvalue weighted by atomic mass is 10.1. The third-order valence-electron chi connectivity index (χ3n) is 2.94. The number of phenols is 1. The Balaban J connectivity index is 2.35. The van der Waals surface area contributed by atoms with Crippen LogP contribution in [0, 0.1) is 0 Å². The molecule has 1 aliphatic heterocycles. The van der Waals surface area contributed by atoms with E-state index in [9.17, 15) is 27.9 Å². The number of benzene rings is 1. The van der Waals surface area contributed by atoms with Gasteiger partial charge in [0.1, 0.15) is 5.75 Å². The van der Waals surface area contributed by atoms with E-state index in [1.807, 2.05) is 6.92 Å². The summed E-state index contributed by atoms with van der Waals surface area (Å²) in [5, 5.41) is 8.83. The third-order valence-corrected chi connectivity index (χ3v) is 3.85. The number of nitrogens with zero attached hydrogens (tertiary/aromatic N) is 1. The molecule has 118 valence electrons. The van der Waals surface area contributed by atoms with Crippen molar-refractivity contribution in [3.05, 3.63) is 34.2 Å². The highest BCUT2D eigenvalue weighted by Crippen LogP contribution is 2.37. The van der Waals surface area contributed by atoms with E-state index in [4.69, 9.17) is 0 Å². The molecule has 2 amide bonds. The second kappa shape index (κ2) is 6.04. The lowest BCUT2D eigenvalue weighted by Crippen LogP contribution is -2.28. The highest BCUT2D eigenvalue weighted by atomic mass is 32.2. The maximum absolute atomic E-state index is 12.7. The molecule has 1 aromatic carbocycles. The van der Waals surface area contributed by atoms with E-state index in [0.717, 1.165) is 17.0 Å². The van der Waals surface area contributed by atoms with Gasteiger partial charge in [0.05, 0.1) is 10.5 Å². The number of imide groups is 1. The van der Waals surface area contributed by atoms with Gasteiger partial charge in [-0.05, 0) is 42.0 Å². The first-order valence-electron chi connectivity index (χ1n) is 6.39. The molecular weight excluding hydrogens is 319 g/mol. The van der Waals surface area contributed by atoms with Crippen LogP contribution < -0.4 is 0 Å². The molecule has 1 aromatic rings. The minimum absolute atomic E-state index is 0.0669. The quantitative estimate of drug-likeness (QED) is 0.855. The number of carbonyl (C=O) groups is 2. The molecule has 0 aliphatic carbocycles. The molecule has 0 radical (unpaired) electrons. The Morgan fingerprint density at radius 1 is 1.32 bits per heavy atom. The summed E-state index contributed by atoms with van der Waals surface area (Å²) in [5.74, 6) is -1.40. The minimum atomic E-state index is -4.70. The van der Waals surface area contributed by atoms with Crippen molar-refractivity contribution in [2.45, 2.75) is 19.5 Å². The first-order chi connectivity index (χ1) is 10.2. The molecule has 1 fully saturated rings. The number of alkyl halides is 3. The first kappa shape index (κ1) is 16.4. The molecule has 2 rings (SSSR count). The van der Waals surface area contributed by atoms with Gasteiger partial charge >= 0.3 is 6.18 Å². The maximum Gasteiger partial charge on any atom is 0.419 e. The summed E-state index contributed by atoms with van der Waals surface area (Å²) >= 11 is 0.689. The molecule has 1 saturated heterocycles. The monoisotopic (exact) mass is 331 g/mol. The Morgan fingerprint density at radius 2 is 2.00 bits per heavy atom. The van der Waals surface area contributed by atoms with Crippen molar-refractivity contribution in [3.63, 3.8) is 0 Å². The fraction of sp³-hybridized carbons (Fsp3) is 0.286. The maximum atomic E-state index is 12.7. The largest absolute Gasteiger partial charge is 0.507 e. The zero-order valence-corrected chi connectivity index (χ0v) is 12.3. The van der Waals surface area contributed by atoms with E-state index in [1.165, 1.54) is 12.1 Å². The smallest absolute Gasteiger partial charge is 0.419 e. The number of hydrogen-bond acceptors (Lipinski definition) is 4. The lowest BCUT2D eigenvalue weighted by molar-refractivity contribution is -0.138. The van der Waals surface area contributed by atoms with Crippen LogP contribution in [0.5, 0.6) is 5.75 Å². The summed E-state index contributed by atoms with van der Waals surface area (Å²) in [6.45, 7) is 2.08. The molecule has 4 nitrogen and oxygen atoms in total. The average Bonchev–Trinajstić information content (AvgIpc) is 2.68. The lowest BCUT2D eigenvalue weighted by Gasteiger charge is -2.10. The van der Waals surface area contributed by atoms with Crippen molar-refractivity contribution < 1.29 is 27.9 Å². The van der Waals surface area contributed by atoms with Crippen LogP contribution in [0.25, 0.3) is 6.08 Å². The van der Waals surface area contributed by atoms with Crippen LogP contribution in [-0.2, 0) is 11.0 Å². The average molecular weight is 331 g/mol. The van der Waals surface area contributed by atoms with Gasteiger partial charge in [0.15, 0.2) is 0 Å². The first-order valence-corrected chi connectivity index (χ1v) is 7.21. The van der Waals surface area contributed by atoms with E-state index in [-0.39, 0.29) is 17.0 Å². The SMILES string of the molecule is CCCN1C(=O)S/C(=C/c2ccc(O)c(C(F)(F)F)c2)C1=O. The Hall–Kier alpha value is -1.96. The van der Waals surface area contributed by atoms with Gasteiger partial charge in [-0.2, -0.15) is 13.2 Å². The summed E-state index contributed by atoms with van der Waals surface area (Å²) < 4.78 is 38.2. The predicted octanol–water partition coefficient (Wildman–Crippen LogP) is 3.86. The molecule has 1 aliphatic rings. The summed E-state index contributed by atoms with van der Waals surface area (Å²) in [6.07, 6.45) is -2.88. The number of amides is 2. The standard InChI is InChI=1S/C14H12F3NO3S/c1-2-5-18-12(20)11(22-13(18)21)7-8-3-4-10(19)9(6-8)14(15,16)17/h3-4,6-7,19H,2,5H2,1H3/b11-7+. The molecule has 0 bridgehead atoms. The van der Waals surface area contributed by atoms with Crippen molar-refractivity contribution in [3.8, 4) is 5.75 Å². The van der Waals surface area contributed by atoms with Crippen molar-refractivity contribution >= 4 is 29.0 Å². The van der Waals surface area contributed by atoms with Gasteiger partial charge in [-0.15, -0.1) is 0 Å². The molecule has 22 heavy (non-hydrogen) atoms. The molecule has 0 spiro atoms. The van der Waals surface area contributed by atoms with Gasteiger partial charge in [0.25, 0.3) is 11.1 Å². The van der Waals surface area contributed by atoms with Crippen LogP contribution in [0.3, 0.4) is 0 Å². The van der Waals surface area contributed by atoms with Gasteiger partial charge in [-0.3, -0.25) is 14.5 Å². The Labute approximate surface area is 128 Å². The van der Waals surface area contributed by atoms with Gasteiger partial charge in [-0.25, -0.2) is 0 Å². The summed E-state index contributed by atoms with van der Waals surface area (Å²) in [5.41, 5.74) is -1.10. The number of hydrogen-bond donors (Lipinski definition) is 1. The molecule has 0 aromatic heterocycles. The number of thioether (sulfide) groups is 1. The van der Waals surface area contributed by atoms with Gasteiger partial charge in [-0.1, -0.05) is 13.0 Å². The normalized spacial score (nSPS) is 17.6.